The van der Waals surface area contributed by atoms with Crippen LogP contribution < -0.4 is 25.4 Å². The van der Waals surface area contributed by atoms with E-state index < -0.39 is 0 Å². The number of ether oxygens (including phenoxy) is 2. The normalized spacial score (nSPS) is 17.6. The molecule has 2 fully saturated rings. The third-order valence-corrected chi connectivity index (χ3v) is 7.04. The van der Waals surface area contributed by atoms with Gasteiger partial charge in [0.25, 0.3) is 0 Å². The Kier molecular flexibility index (Phi) is 7.76. The first-order valence-electron chi connectivity index (χ1n) is 12.3. The third-order valence-electron chi connectivity index (χ3n) is 7.04. The SMILES string of the molecule is COc1cc(CC(=O)Nc2cccc(N3CCCC4(CCCCC4)C3)c2)ccc1OCCN. The molecule has 178 valence electrons. The van der Waals surface area contributed by atoms with Gasteiger partial charge in [0.1, 0.15) is 6.61 Å². The van der Waals surface area contributed by atoms with Crippen LogP contribution in [-0.4, -0.2) is 39.3 Å². The van der Waals surface area contributed by atoms with Crippen molar-refractivity contribution in [3.63, 3.8) is 0 Å². The number of hydrogen-bond acceptors (Lipinski definition) is 5. The topological polar surface area (TPSA) is 76.8 Å². The first-order valence-corrected chi connectivity index (χ1v) is 12.3. The fourth-order valence-corrected chi connectivity index (χ4v) is 5.42. The highest BCUT2D eigenvalue weighted by molar-refractivity contribution is 5.92. The number of benzene rings is 2. The van der Waals surface area contributed by atoms with Crippen molar-refractivity contribution >= 4 is 17.3 Å². The zero-order valence-electron chi connectivity index (χ0n) is 19.8. The van der Waals surface area contributed by atoms with E-state index in [4.69, 9.17) is 15.2 Å². The summed E-state index contributed by atoms with van der Waals surface area (Å²) >= 11 is 0. The molecule has 1 heterocycles. The Labute approximate surface area is 197 Å². The van der Waals surface area contributed by atoms with Gasteiger partial charge in [0.2, 0.25) is 5.91 Å². The molecule has 0 radical (unpaired) electrons. The number of anilines is 2. The van der Waals surface area contributed by atoms with Crippen LogP contribution in [0.2, 0.25) is 0 Å². The summed E-state index contributed by atoms with van der Waals surface area (Å²) in [4.78, 5) is 15.3. The number of rotatable bonds is 8. The van der Waals surface area contributed by atoms with Crippen molar-refractivity contribution in [2.24, 2.45) is 11.1 Å². The number of piperidine rings is 1. The average molecular weight is 452 g/mol. The second-order valence-corrected chi connectivity index (χ2v) is 9.48. The molecule has 1 aliphatic heterocycles. The molecule has 1 saturated carbocycles. The fraction of sp³-hybridized carbons (Fsp3) is 0.519. The zero-order valence-corrected chi connectivity index (χ0v) is 19.8. The van der Waals surface area contributed by atoms with Gasteiger partial charge >= 0.3 is 0 Å². The molecule has 6 heteroatoms. The molecule has 1 saturated heterocycles. The van der Waals surface area contributed by atoms with Gasteiger partial charge in [0, 0.05) is 31.0 Å². The number of carbonyl (C=O) groups excluding carboxylic acids is 1. The number of hydrogen-bond donors (Lipinski definition) is 2. The van der Waals surface area contributed by atoms with E-state index in [9.17, 15) is 4.79 Å². The van der Waals surface area contributed by atoms with Crippen molar-refractivity contribution in [3.8, 4) is 11.5 Å². The quantitative estimate of drug-likeness (QED) is 0.605. The molecule has 1 amide bonds. The van der Waals surface area contributed by atoms with E-state index in [1.807, 2.05) is 30.3 Å². The van der Waals surface area contributed by atoms with E-state index in [1.54, 1.807) is 7.11 Å². The Morgan fingerprint density at radius 2 is 1.88 bits per heavy atom. The Balaban J connectivity index is 1.38. The second-order valence-electron chi connectivity index (χ2n) is 9.48. The molecule has 0 atom stereocenters. The zero-order chi connectivity index (χ0) is 23.1. The summed E-state index contributed by atoms with van der Waals surface area (Å²) in [6.45, 7) is 3.09. The van der Waals surface area contributed by atoms with E-state index in [1.165, 1.54) is 50.6 Å². The highest BCUT2D eigenvalue weighted by Crippen LogP contribution is 2.44. The Morgan fingerprint density at radius 1 is 1.06 bits per heavy atom. The average Bonchev–Trinajstić information content (AvgIpc) is 2.83. The van der Waals surface area contributed by atoms with Gasteiger partial charge in [-0.25, -0.2) is 0 Å². The number of carbonyl (C=O) groups is 1. The molecule has 1 spiro atoms. The molecular formula is C27H37N3O3. The summed E-state index contributed by atoms with van der Waals surface area (Å²) in [7, 11) is 1.60. The monoisotopic (exact) mass is 451 g/mol. The van der Waals surface area contributed by atoms with Crippen LogP contribution in [0.1, 0.15) is 50.5 Å². The van der Waals surface area contributed by atoms with Crippen LogP contribution in [0.5, 0.6) is 11.5 Å². The molecule has 0 bridgehead atoms. The minimum Gasteiger partial charge on any atom is -0.493 e. The Hall–Kier alpha value is -2.73. The molecule has 33 heavy (non-hydrogen) atoms. The van der Waals surface area contributed by atoms with Crippen LogP contribution >= 0.6 is 0 Å². The number of methoxy groups -OCH3 is 1. The Bertz CT molecular complexity index is 934. The maximum atomic E-state index is 12.8. The van der Waals surface area contributed by atoms with Crippen molar-refractivity contribution in [3.05, 3.63) is 48.0 Å². The van der Waals surface area contributed by atoms with E-state index >= 15 is 0 Å². The first-order chi connectivity index (χ1) is 16.1. The molecule has 3 N–H and O–H groups in total. The van der Waals surface area contributed by atoms with E-state index in [-0.39, 0.29) is 12.3 Å². The smallest absolute Gasteiger partial charge is 0.228 e. The van der Waals surface area contributed by atoms with Crippen LogP contribution in [0.25, 0.3) is 0 Å². The minimum atomic E-state index is -0.0489. The lowest BCUT2D eigenvalue weighted by Crippen LogP contribution is -2.44. The van der Waals surface area contributed by atoms with Crippen molar-refractivity contribution < 1.29 is 14.3 Å². The number of nitrogens with two attached hydrogens (primary N) is 1. The molecule has 2 aromatic carbocycles. The maximum Gasteiger partial charge on any atom is 0.228 e. The second kappa shape index (κ2) is 10.9. The third kappa shape index (κ3) is 5.99. The molecule has 2 aliphatic rings. The summed E-state index contributed by atoms with van der Waals surface area (Å²) in [5.74, 6) is 1.20. The lowest BCUT2D eigenvalue weighted by molar-refractivity contribution is -0.115. The van der Waals surface area contributed by atoms with Crippen LogP contribution in [0.4, 0.5) is 11.4 Å². The number of nitrogens with one attached hydrogen (secondary N) is 1. The van der Waals surface area contributed by atoms with E-state index in [0.29, 0.717) is 30.1 Å². The molecule has 0 unspecified atom stereocenters. The largest absolute Gasteiger partial charge is 0.493 e. The minimum absolute atomic E-state index is 0.0489. The summed E-state index contributed by atoms with van der Waals surface area (Å²) in [6, 6.07) is 13.9. The van der Waals surface area contributed by atoms with Crippen LogP contribution in [0.3, 0.4) is 0 Å². The number of nitrogens with zero attached hydrogens (tertiary/aromatic N) is 1. The summed E-state index contributed by atoms with van der Waals surface area (Å²) in [5, 5.41) is 3.07. The maximum absolute atomic E-state index is 12.8. The van der Waals surface area contributed by atoms with Crippen LogP contribution in [-0.2, 0) is 11.2 Å². The predicted octanol–water partition coefficient (Wildman–Crippen LogP) is 4.76. The molecule has 4 rings (SSSR count). The predicted molar refractivity (Wildman–Crippen MR) is 133 cm³/mol. The standard InChI is InChI=1S/C27H37N3O3/c1-32-25-17-21(9-10-24(25)33-16-14-28)18-26(31)29-22-7-5-8-23(19-22)30-15-6-13-27(20-30)11-3-2-4-12-27/h5,7-10,17,19H,2-4,6,11-16,18,20,28H2,1H3,(H,29,31). The molecular weight excluding hydrogens is 414 g/mol. The molecule has 2 aromatic rings. The lowest BCUT2D eigenvalue weighted by atomic mass is 9.69. The fourth-order valence-electron chi connectivity index (χ4n) is 5.42. The molecule has 0 aromatic heterocycles. The van der Waals surface area contributed by atoms with Crippen molar-refractivity contribution in [2.75, 3.05) is 43.6 Å². The molecule has 1 aliphatic carbocycles. The van der Waals surface area contributed by atoms with Gasteiger partial charge in [-0.1, -0.05) is 31.4 Å². The summed E-state index contributed by atoms with van der Waals surface area (Å²) < 4.78 is 11.0. The van der Waals surface area contributed by atoms with E-state index in [2.05, 4.69) is 22.3 Å². The highest BCUT2D eigenvalue weighted by atomic mass is 16.5. The lowest BCUT2D eigenvalue weighted by Gasteiger charge is -2.46. The number of amides is 1. The van der Waals surface area contributed by atoms with E-state index in [0.717, 1.165) is 24.3 Å². The van der Waals surface area contributed by atoms with Gasteiger partial charge in [0.15, 0.2) is 11.5 Å². The van der Waals surface area contributed by atoms with Crippen molar-refractivity contribution in [2.45, 2.75) is 51.4 Å². The first kappa shape index (κ1) is 23.4. The summed E-state index contributed by atoms with van der Waals surface area (Å²) in [5.41, 5.74) is 8.93. The Morgan fingerprint density at radius 3 is 2.67 bits per heavy atom. The van der Waals surface area contributed by atoms with Gasteiger partial charge in [-0.2, -0.15) is 0 Å². The molecule has 6 nitrogen and oxygen atoms in total. The van der Waals surface area contributed by atoms with Gasteiger partial charge in [-0.3, -0.25) is 4.79 Å². The highest BCUT2D eigenvalue weighted by Gasteiger charge is 2.36. The van der Waals surface area contributed by atoms with Gasteiger partial charge in [-0.15, -0.1) is 0 Å². The van der Waals surface area contributed by atoms with Gasteiger partial charge < -0.3 is 25.4 Å². The van der Waals surface area contributed by atoms with Crippen LogP contribution in [0, 0.1) is 5.41 Å². The van der Waals surface area contributed by atoms with Gasteiger partial charge in [0.05, 0.1) is 13.5 Å². The van der Waals surface area contributed by atoms with Crippen LogP contribution in [0.15, 0.2) is 42.5 Å². The van der Waals surface area contributed by atoms with Gasteiger partial charge in [-0.05, 0) is 67.0 Å². The van der Waals surface area contributed by atoms with Crippen molar-refractivity contribution in [1.29, 1.82) is 0 Å². The van der Waals surface area contributed by atoms with Crippen molar-refractivity contribution in [1.82, 2.24) is 0 Å². The summed E-state index contributed by atoms with van der Waals surface area (Å²) in [6.07, 6.45) is 9.73.